The summed E-state index contributed by atoms with van der Waals surface area (Å²) in [5.74, 6) is 1.45. The van der Waals surface area contributed by atoms with Gasteiger partial charge < -0.3 is 14.9 Å². The normalized spacial score (nSPS) is 21.5. The topological polar surface area (TPSA) is 42.5 Å². The van der Waals surface area contributed by atoms with Gasteiger partial charge in [0.2, 0.25) is 6.79 Å². The van der Waals surface area contributed by atoms with Crippen molar-refractivity contribution in [1.29, 1.82) is 0 Å². The minimum absolute atomic E-state index is 0.234. The highest BCUT2D eigenvalue weighted by Gasteiger charge is 2.39. The van der Waals surface area contributed by atoms with Gasteiger partial charge in [-0.2, -0.15) is 0 Å². The van der Waals surface area contributed by atoms with Crippen LogP contribution in [0.2, 0.25) is 10.0 Å². The summed E-state index contributed by atoms with van der Waals surface area (Å²) in [6.45, 7) is 0.234. The summed E-state index contributed by atoms with van der Waals surface area (Å²) < 4.78 is 10.9. The molecule has 2 heterocycles. The standard InChI is InChI=1S/C17H13BrCl2N2O2/c18-8-12-7-17(22-21-12,13-6-11(19)2-3-14(13)20)10-1-4-15-16(5-10)24-9-23-15/h1-7,21-22H,8-9H2. The van der Waals surface area contributed by atoms with Crippen molar-refractivity contribution < 1.29 is 9.47 Å². The molecular weight excluding hydrogens is 415 g/mol. The third-order valence-corrected chi connectivity index (χ3v) is 5.30. The highest BCUT2D eigenvalue weighted by molar-refractivity contribution is 9.09. The molecule has 1 atom stereocenters. The fourth-order valence-electron chi connectivity index (χ4n) is 2.98. The lowest BCUT2D eigenvalue weighted by molar-refractivity contribution is 0.174. The van der Waals surface area contributed by atoms with Crippen molar-refractivity contribution in [2.75, 3.05) is 12.1 Å². The third-order valence-electron chi connectivity index (χ3n) is 4.14. The second kappa shape index (κ2) is 6.15. The number of halogens is 3. The summed E-state index contributed by atoms with van der Waals surface area (Å²) in [7, 11) is 0. The van der Waals surface area contributed by atoms with Gasteiger partial charge in [-0.3, -0.25) is 0 Å². The van der Waals surface area contributed by atoms with E-state index in [4.69, 9.17) is 32.7 Å². The maximum atomic E-state index is 6.50. The Bertz CT molecular complexity index is 843. The zero-order valence-corrected chi connectivity index (χ0v) is 15.5. The molecule has 4 nitrogen and oxygen atoms in total. The average molecular weight is 428 g/mol. The summed E-state index contributed by atoms with van der Waals surface area (Å²) in [5, 5.41) is 1.93. The number of hydrogen-bond donors (Lipinski definition) is 2. The van der Waals surface area contributed by atoms with Crippen LogP contribution < -0.4 is 20.3 Å². The maximum Gasteiger partial charge on any atom is 0.231 e. The van der Waals surface area contributed by atoms with Crippen LogP contribution in [0.1, 0.15) is 11.1 Å². The Kier molecular flexibility index (Phi) is 4.12. The molecular formula is C17H13BrCl2N2O2. The number of rotatable bonds is 3. The molecule has 1 unspecified atom stereocenters. The summed E-state index contributed by atoms with van der Waals surface area (Å²) in [5.41, 5.74) is 8.72. The summed E-state index contributed by atoms with van der Waals surface area (Å²) >= 11 is 16.2. The van der Waals surface area contributed by atoms with Gasteiger partial charge in [0, 0.05) is 26.6 Å². The van der Waals surface area contributed by atoms with Crippen LogP contribution in [0.4, 0.5) is 0 Å². The van der Waals surface area contributed by atoms with Crippen molar-refractivity contribution in [2.45, 2.75) is 5.54 Å². The van der Waals surface area contributed by atoms with E-state index in [0.717, 1.165) is 22.6 Å². The van der Waals surface area contributed by atoms with Crippen molar-refractivity contribution >= 4 is 39.1 Å². The molecule has 0 saturated carbocycles. The Labute approximate surface area is 157 Å². The minimum Gasteiger partial charge on any atom is -0.454 e. The van der Waals surface area contributed by atoms with Gasteiger partial charge in [-0.1, -0.05) is 45.2 Å². The van der Waals surface area contributed by atoms with Gasteiger partial charge in [-0.25, -0.2) is 5.43 Å². The number of fused-ring (bicyclic) bond motifs is 1. The lowest BCUT2D eigenvalue weighted by Gasteiger charge is -2.30. The molecule has 0 spiro atoms. The molecule has 2 N–H and O–H groups in total. The first kappa shape index (κ1) is 16.1. The fourth-order valence-corrected chi connectivity index (χ4v) is 3.72. The van der Waals surface area contributed by atoms with Crippen LogP contribution in [0, 0.1) is 0 Å². The van der Waals surface area contributed by atoms with Gasteiger partial charge in [0.1, 0.15) is 5.54 Å². The van der Waals surface area contributed by atoms with E-state index in [1.807, 2.05) is 24.3 Å². The van der Waals surface area contributed by atoms with E-state index >= 15 is 0 Å². The number of nitrogens with one attached hydrogen (secondary N) is 2. The molecule has 2 aromatic rings. The molecule has 24 heavy (non-hydrogen) atoms. The van der Waals surface area contributed by atoms with Crippen molar-refractivity contribution in [2.24, 2.45) is 0 Å². The highest BCUT2D eigenvalue weighted by atomic mass is 79.9. The van der Waals surface area contributed by atoms with Crippen LogP contribution in [0.25, 0.3) is 0 Å². The molecule has 0 fully saturated rings. The number of ether oxygens (including phenoxy) is 2. The second-order valence-corrected chi connectivity index (χ2v) is 6.96. The molecule has 0 aliphatic carbocycles. The van der Waals surface area contributed by atoms with Crippen molar-refractivity contribution in [3.63, 3.8) is 0 Å². The molecule has 2 aliphatic heterocycles. The molecule has 0 saturated heterocycles. The molecule has 0 aromatic heterocycles. The van der Waals surface area contributed by atoms with Crippen molar-refractivity contribution in [3.8, 4) is 11.5 Å². The van der Waals surface area contributed by atoms with Crippen LogP contribution in [0.3, 0.4) is 0 Å². The SMILES string of the molecule is Clc1ccc(Cl)c(C2(c3ccc4c(c3)OCO4)C=C(CBr)NN2)c1. The number of hydrazine groups is 1. The summed E-state index contributed by atoms with van der Waals surface area (Å²) in [4.78, 5) is 0. The van der Waals surface area contributed by atoms with Crippen LogP contribution >= 0.6 is 39.1 Å². The van der Waals surface area contributed by atoms with Crippen molar-refractivity contribution in [1.82, 2.24) is 10.9 Å². The van der Waals surface area contributed by atoms with E-state index in [1.165, 1.54) is 0 Å². The lowest BCUT2D eigenvalue weighted by atomic mass is 9.83. The van der Waals surface area contributed by atoms with Crippen LogP contribution in [-0.4, -0.2) is 12.1 Å². The molecule has 124 valence electrons. The Morgan fingerprint density at radius 1 is 1.08 bits per heavy atom. The van der Waals surface area contributed by atoms with Crippen LogP contribution in [-0.2, 0) is 5.54 Å². The van der Waals surface area contributed by atoms with Gasteiger partial charge in [0.05, 0.1) is 0 Å². The lowest BCUT2D eigenvalue weighted by Crippen LogP contribution is -2.43. The van der Waals surface area contributed by atoms with E-state index in [-0.39, 0.29) is 6.79 Å². The number of hydrogen-bond acceptors (Lipinski definition) is 4. The first-order valence-electron chi connectivity index (χ1n) is 7.29. The van der Waals surface area contributed by atoms with Gasteiger partial charge in [-0.15, -0.1) is 0 Å². The number of allylic oxidation sites excluding steroid dienone is 1. The zero-order valence-electron chi connectivity index (χ0n) is 12.4. The molecule has 4 rings (SSSR count). The van der Waals surface area contributed by atoms with E-state index in [9.17, 15) is 0 Å². The van der Waals surface area contributed by atoms with E-state index in [1.54, 1.807) is 12.1 Å². The highest BCUT2D eigenvalue weighted by Crippen LogP contribution is 2.43. The molecule has 7 heteroatoms. The predicted octanol–water partition coefficient (Wildman–Crippen LogP) is 4.35. The second-order valence-electron chi connectivity index (χ2n) is 5.55. The van der Waals surface area contributed by atoms with Crippen LogP contribution in [0.15, 0.2) is 48.2 Å². The first-order chi connectivity index (χ1) is 11.6. The third kappa shape index (κ3) is 2.56. The van der Waals surface area contributed by atoms with E-state index in [0.29, 0.717) is 21.1 Å². The van der Waals surface area contributed by atoms with Crippen LogP contribution in [0.5, 0.6) is 11.5 Å². The number of alkyl halides is 1. The van der Waals surface area contributed by atoms with Crippen molar-refractivity contribution in [3.05, 3.63) is 69.3 Å². The predicted molar refractivity (Wildman–Crippen MR) is 98.0 cm³/mol. The van der Waals surface area contributed by atoms with Gasteiger partial charge >= 0.3 is 0 Å². The maximum absolute atomic E-state index is 6.50. The van der Waals surface area contributed by atoms with E-state index < -0.39 is 5.54 Å². The molecule has 0 amide bonds. The Balaban J connectivity index is 1.92. The van der Waals surface area contributed by atoms with Gasteiger partial charge in [0.15, 0.2) is 11.5 Å². The molecule has 2 aliphatic rings. The monoisotopic (exact) mass is 426 g/mol. The molecule has 0 radical (unpaired) electrons. The van der Waals surface area contributed by atoms with Gasteiger partial charge in [-0.05, 0) is 42.0 Å². The molecule has 0 bridgehead atoms. The Morgan fingerprint density at radius 3 is 2.71 bits per heavy atom. The number of benzene rings is 2. The fraction of sp³-hybridized carbons (Fsp3) is 0.176. The Hall–Kier alpha value is -1.40. The molecule has 2 aromatic carbocycles. The van der Waals surface area contributed by atoms with E-state index in [2.05, 4.69) is 32.9 Å². The average Bonchev–Trinajstić information content (AvgIpc) is 3.23. The Morgan fingerprint density at radius 2 is 1.92 bits per heavy atom. The summed E-state index contributed by atoms with van der Waals surface area (Å²) in [6.07, 6.45) is 2.09. The zero-order chi connectivity index (χ0) is 16.7. The minimum atomic E-state index is -0.661. The smallest absolute Gasteiger partial charge is 0.231 e. The largest absolute Gasteiger partial charge is 0.454 e. The quantitative estimate of drug-likeness (QED) is 0.714. The van der Waals surface area contributed by atoms with Gasteiger partial charge in [0.25, 0.3) is 0 Å². The first-order valence-corrected chi connectivity index (χ1v) is 9.17. The summed E-state index contributed by atoms with van der Waals surface area (Å²) in [6, 6.07) is 11.3.